The quantitative estimate of drug-likeness (QED) is 0.705. The van der Waals surface area contributed by atoms with E-state index in [4.69, 9.17) is 0 Å². The fourth-order valence-corrected chi connectivity index (χ4v) is 4.06. The smallest absolute Gasteiger partial charge is 0.267 e. The van der Waals surface area contributed by atoms with E-state index in [1.54, 1.807) is 6.07 Å². The van der Waals surface area contributed by atoms with Crippen molar-refractivity contribution < 1.29 is 9.90 Å². The van der Waals surface area contributed by atoms with Gasteiger partial charge in [-0.15, -0.1) is 0 Å². The molecule has 1 amide bonds. The number of hydrogen-bond acceptors (Lipinski definition) is 2. The van der Waals surface area contributed by atoms with Crippen LogP contribution in [0.15, 0.2) is 30.5 Å². The summed E-state index contributed by atoms with van der Waals surface area (Å²) in [5.41, 5.74) is 3.84. The summed E-state index contributed by atoms with van der Waals surface area (Å²) in [7, 11) is 0. The molecule has 1 aromatic carbocycles. The van der Waals surface area contributed by atoms with Crippen molar-refractivity contribution in [3.05, 3.63) is 52.8 Å². The number of nitrogens with one attached hydrogen (secondary N) is 1. The third-order valence-corrected chi connectivity index (χ3v) is 6.23. The number of benzene rings is 1. The summed E-state index contributed by atoms with van der Waals surface area (Å²) in [6.07, 6.45) is 6.47. The second-order valence-electron chi connectivity index (χ2n) is 7.84. The molecule has 1 aliphatic carbocycles. The molecule has 0 saturated heterocycles. The Morgan fingerprint density at radius 1 is 1.19 bits per heavy atom. The zero-order chi connectivity index (χ0) is 19.6. The van der Waals surface area contributed by atoms with Crippen LogP contribution < -0.4 is 5.32 Å². The third kappa shape index (κ3) is 3.76. The SMILES string of the molecule is CCn1cc(C(CC)(CC)c2ccc(O)c(C)c2)cc1C(=O)NCC1CC1. The minimum absolute atomic E-state index is 0.0259. The van der Waals surface area contributed by atoms with E-state index >= 15 is 0 Å². The average Bonchev–Trinajstić information content (AvgIpc) is 3.41. The van der Waals surface area contributed by atoms with Gasteiger partial charge < -0.3 is 15.0 Å². The van der Waals surface area contributed by atoms with Crippen LogP contribution in [0.5, 0.6) is 5.75 Å². The van der Waals surface area contributed by atoms with Crippen molar-refractivity contribution in [2.24, 2.45) is 5.92 Å². The number of rotatable bonds is 8. The molecule has 3 rings (SSSR count). The fraction of sp³-hybridized carbons (Fsp3) is 0.522. The Bertz CT molecular complexity index is 814. The van der Waals surface area contributed by atoms with Gasteiger partial charge in [-0.05, 0) is 74.3 Å². The number of phenols is 1. The van der Waals surface area contributed by atoms with Gasteiger partial charge >= 0.3 is 0 Å². The van der Waals surface area contributed by atoms with Crippen molar-refractivity contribution in [2.45, 2.75) is 65.3 Å². The molecule has 1 fully saturated rings. The van der Waals surface area contributed by atoms with E-state index < -0.39 is 0 Å². The molecule has 1 saturated carbocycles. The number of amides is 1. The number of hydrogen-bond donors (Lipinski definition) is 2. The summed E-state index contributed by atoms with van der Waals surface area (Å²) in [4.78, 5) is 12.7. The zero-order valence-electron chi connectivity index (χ0n) is 17.0. The molecule has 0 spiro atoms. The molecule has 1 aromatic heterocycles. The summed E-state index contributed by atoms with van der Waals surface area (Å²) < 4.78 is 2.06. The normalized spacial score (nSPS) is 14.4. The van der Waals surface area contributed by atoms with Gasteiger partial charge in [0.15, 0.2) is 0 Å². The van der Waals surface area contributed by atoms with E-state index in [9.17, 15) is 9.90 Å². The fourth-order valence-electron chi connectivity index (χ4n) is 4.06. The lowest BCUT2D eigenvalue weighted by molar-refractivity contribution is 0.0942. The highest BCUT2D eigenvalue weighted by molar-refractivity contribution is 5.93. The van der Waals surface area contributed by atoms with Gasteiger partial charge in [0.2, 0.25) is 0 Å². The maximum absolute atomic E-state index is 12.7. The molecule has 0 bridgehead atoms. The highest BCUT2D eigenvalue weighted by Crippen LogP contribution is 2.41. The standard InChI is InChI=1S/C23H32N2O2/c1-5-23(6-2,18-10-11-21(26)16(4)12-18)19-13-20(25(7-3)15-19)22(27)24-14-17-8-9-17/h10-13,15,17,26H,5-9,14H2,1-4H3,(H,24,27). The first-order valence-corrected chi connectivity index (χ1v) is 10.2. The molecule has 146 valence electrons. The monoisotopic (exact) mass is 368 g/mol. The first-order chi connectivity index (χ1) is 12.9. The molecule has 2 aromatic rings. The molecule has 0 radical (unpaired) electrons. The summed E-state index contributed by atoms with van der Waals surface area (Å²) in [5, 5.41) is 13.0. The van der Waals surface area contributed by atoms with Crippen molar-refractivity contribution in [3.63, 3.8) is 0 Å². The van der Waals surface area contributed by atoms with Crippen molar-refractivity contribution in [1.82, 2.24) is 9.88 Å². The van der Waals surface area contributed by atoms with E-state index in [0.29, 0.717) is 11.7 Å². The Morgan fingerprint density at radius 2 is 1.89 bits per heavy atom. The Kier molecular flexibility index (Phi) is 5.64. The number of aromatic hydroxyl groups is 1. The van der Waals surface area contributed by atoms with Gasteiger partial charge in [-0.3, -0.25) is 4.79 Å². The van der Waals surface area contributed by atoms with E-state index in [1.807, 2.05) is 13.0 Å². The van der Waals surface area contributed by atoms with Gasteiger partial charge in [0.05, 0.1) is 0 Å². The molecule has 1 heterocycles. The maximum atomic E-state index is 12.7. The second kappa shape index (κ2) is 7.79. The van der Waals surface area contributed by atoms with Gasteiger partial charge in [0.25, 0.3) is 5.91 Å². The predicted octanol–water partition coefficient (Wildman–Crippen LogP) is 4.77. The largest absolute Gasteiger partial charge is 0.508 e. The van der Waals surface area contributed by atoms with Crippen LogP contribution in [0.25, 0.3) is 0 Å². The number of aryl methyl sites for hydroxylation is 2. The van der Waals surface area contributed by atoms with Crippen LogP contribution in [0.3, 0.4) is 0 Å². The molecular formula is C23H32N2O2. The first-order valence-electron chi connectivity index (χ1n) is 10.2. The van der Waals surface area contributed by atoms with Crippen molar-refractivity contribution in [1.29, 1.82) is 0 Å². The Labute approximate surface area is 162 Å². The molecule has 0 unspecified atom stereocenters. The topological polar surface area (TPSA) is 54.3 Å². The third-order valence-electron chi connectivity index (χ3n) is 6.23. The number of aromatic nitrogens is 1. The summed E-state index contributed by atoms with van der Waals surface area (Å²) in [6, 6.07) is 7.95. The molecule has 1 aliphatic rings. The van der Waals surface area contributed by atoms with E-state index in [-0.39, 0.29) is 11.3 Å². The first kappa shape index (κ1) is 19.5. The van der Waals surface area contributed by atoms with Crippen molar-refractivity contribution in [3.8, 4) is 5.75 Å². The average molecular weight is 369 g/mol. The van der Waals surface area contributed by atoms with E-state index in [2.05, 4.69) is 49.0 Å². The lowest BCUT2D eigenvalue weighted by atomic mass is 9.71. The minimum Gasteiger partial charge on any atom is -0.508 e. The molecular weight excluding hydrogens is 336 g/mol. The van der Waals surface area contributed by atoms with Crippen molar-refractivity contribution in [2.75, 3.05) is 6.54 Å². The molecule has 4 nitrogen and oxygen atoms in total. The van der Waals surface area contributed by atoms with Gasteiger partial charge in [-0.25, -0.2) is 0 Å². The van der Waals surface area contributed by atoms with Crippen LogP contribution >= 0.6 is 0 Å². The van der Waals surface area contributed by atoms with E-state index in [0.717, 1.165) is 37.2 Å². The lowest BCUT2D eigenvalue weighted by Gasteiger charge is -2.32. The molecule has 2 N–H and O–H groups in total. The number of phenolic OH excluding ortho intramolecular Hbond substituents is 1. The van der Waals surface area contributed by atoms with Gasteiger partial charge in [-0.2, -0.15) is 0 Å². The molecule has 0 aliphatic heterocycles. The van der Waals surface area contributed by atoms with E-state index in [1.165, 1.54) is 24.0 Å². The van der Waals surface area contributed by atoms with Crippen LogP contribution in [0, 0.1) is 12.8 Å². The number of carbonyl (C=O) groups is 1. The van der Waals surface area contributed by atoms with Crippen LogP contribution in [0.4, 0.5) is 0 Å². The van der Waals surface area contributed by atoms with Crippen LogP contribution in [-0.2, 0) is 12.0 Å². The number of carbonyl (C=O) groups excluding carboxylic acids is 1. The van der Waals surface area contributed by atoms with Crippen molar-refractivity contribution >= 4 is 5.91 Å². The lowest BCUT2D eigenvalue weighted by Crippen LogP contribution is -2.27. The molecule has 27 heavy (non-hydrogen) atoms. The maximum Gasteiger partial charge on any atom is 0.267 e. The Hall–Kier alpha value is -2.23. The van der Waals surface area contributed by atoms with Gasteiger partial charge in [0, 0.05) is 24.7 Å². The zero-order valence-corrected chi connectivity index (χ0v) is 17.0. The summed E-state index contributed by atoms with van der Waals surface area (Å²) in [5.74, 6) is 1.02. The number of nitrogens with zero attached hydrogens (tertiary/aromatic N) is 1. The Balaban J connectivity index is 1.99. The highest BCUT2D eigenvalue weighted by atomic mass is 16.3. The highest BCUT2D eigenvalue weighted by Gasteiger charge is 2.33. The van der Waals surface area contributed by atoms with Gasteiger partial charge in [0.1, 0.15) is 11.4 Å². The van der Waals surface area contributed by atoms with Crippen LogP contribution in [-0.4, -0.2) is 22.1 Å². The van der Waals surface area contributed by atoms with Crippen LogP contribution in [0.1, 0.15) is 73.6 Å². The Morgan fingerprint density at radius 3 is 2.44 bits per heavy atom. The summed E-state index contributed by atoms with van der Waals surface area (Å²) >= 11 is 0. The summed E-state index contributed by atoms with van der Waals surface area (Å²) in [6.45, 7) is 9.95. The second-order valence-corrected chi connectivity index (χ2v) is 7.84. The predicted molar refractivity (Wildman–Crippen MR) is 109 cm³/mol. The van der Waals surface area contributed by atoms with Crippen LogP contribution in [0.2, 0.25) is 0 Å². The molecule has 4 heteroatoms. The minimum atomic E-state index is -0.162. The van der Waals surface area contributed by atoms with Gasteiger partial charge in [-0.1, -0.05) is 26.0 Å². The molecule has 0 atom stereocenters.